The molecule has 1 saturated carbocycles. The summed E-state index contributed by atoms with van der Waals surface area (Å²) in [5, 5.41) is 0. The Hall–Kier alpha value is -1.71. The van der Waals surface area contributed by atoms with Crippen LogP contribution in [0.3, 0.4) is 0 Å². The van der Waals surface area contributed by atoms with Gasteiger partial charge in [-0.1, -0.05) is 6.07 Å². The molecule has 1 aromatic rings. The van der Waals surface area contributed by atoms with Gasteiger partial charge in [-0.05, 0) is 18.6 Å². The Morgan fingerprint density at radius 2 is 1.94 bits per heavy atom. The van der Waals surface area contributed by atoms with Crippen LogP contribution in [0, 0.1) is 11.8 Å². The summed E-state index contributed by atoms with van der Waals surface area (Å²) in [7, 11) is 3.18. The third kappa shape index (κ3) is 2.52. The Bertz CT molecular complexity index is 380. The molecule has 0 radical (unpaired) electrons. The molecule has 4 heteroatoms. The average Bonchev–Trinajstić information content (AvgIpc) is 3.14. The zero-order chi connectivity index (χ0) is 12.3. The van der Waals surface area contributed by atoms with E-state index in [0.717, 1.165) is 12.7 Å². The maximum atomic E-state index is 10.5. The van der Waals surface area contributed by atoms with E-state index in [4.69, 9.17) is 14.2 Å². The Morgan fingerprint density at radius 3 is 2.41 bits per heavy atom. The molecular formula is C13H16O4. The minimum Gasteiger partial charge on any atom is -0.493 e. The number of rotatable bonds is 6. The number of carbonyl (C=O) groups excluding carboxylic acids is 1. The molecule has 4 nitrogen and oxygen atoms in total. The summed E-state index contributed by atoms with van der Waals surface area (Å²) in [5.74, 6) is 2.40. The van der Waals surface area contributed by atoms with E-state index in [0.29, 0.717) is 29.8 Å². The molecule has 1 aliphatic rings. The first-order chi connectivity index (χ1) is 8.30. The van der Waals surface area contributed by atoms with Crippen molar-refractivity contribution in [1.82, 2.24) is 0 Å². The van der Waals surface area contributed by atoms with Gasteiger partial charge in [0.1, 0.15) is 6.29 Å². The molecule has 0 amide bonds. The fraction of sp³-hybridized carbons (Fsp3) is 0.462. The molecule has 1 fully saturated rings. The number of aldehydes is 1. The fourth-order valence-electron chi connectivity index (χ4n) is 1.78. The van der Waals surface area contributed by atoms with Crippen LogP contribution in [0.25, 0.3) is 0 Å². The SMILES string of the molecule is COc1cccc(OC)c1OCC1CC1C=O. The molecule has 1 aliphatic carbocycles. The summed E-state index contributed by atoms with van der Waals surface area (Å²) >= 11 is 0. The lowest BCUT2D eigenvalue weighted by Gasteiger charge is -2.13. The highest BCUT2D eigenvalue weighted by Crippen LogP contribution is 2.41. The average molecular weight is 236 g/mol. The van der Waals surface area contributed by atoms with E-state index in [1.807, 2.05) is 18.2 Å². The molecule has 0 aliphatic heterocycles. The van der Waals surface area contributed by atoms with Crippen LogP contribution >= 0.6 is 0 Å². The molecule has 0 N–H and O–H groups in total. The van der Waals surface area contributed by atoms with Gasteiger partial charge in [0, 0.05) is 11.8 Å². The van der Waals surface area contributed by atoms with Crippen LogP contribution in [-0.2, 0) is 4.79 Å². The second-order valence-electron chi connectivity index (χ2n) is 4.10. The maximum Gasteiger partial charge on any atom is 0.203 e. The largest absolute Gasteiger partial charge is 0.493 e. The van der Waals surface area contributed by atoms with E-state index in [9.17, 15) is 4.79 Å². The minimum atomic E-state index is 0.163. The Morgan fingerprint density at radius 1 is 1.29 bits per heavy atom. The predicted molar refractivity (Wildman–Crippen MR) is 62.7 cm³/mol. The highest BCUT2D eigenvalue weighted by atomic mass is 16.5. The van der Waals surface area contributed by atoms with E-state index in [1.54, 1.807) is 14.2 Å². The molecule has 2 rings (SSSR count). The first-order valence-corrected chi connectivity index (χ1v) is 5.59. The highest BCUT2D eigenvalue weighted by Gasteiger charge is 2.37. The van der Waals surface area contributed by atoms with E-state index in [2.05, 4.69) is 0 Å². The molecule has 92 valence electrons. The Balaban J connectivity index is 2.05. The summed E-state index contributed by atoms with van der Waals surface area (Å²) in [5.41, 5.74) is 0. The topological polar surface area (TPSA) is 44.8 Å². The lowest BCUT2D eigenvalue weighted by atomic mass is 10.3. The fourth-order valence-corrected chi connectivity index (χ4v) is 1.78. The van der Waals surface area contributed by atoms with Gasteiger partial charge in [0.2, 0.25) is 5.75 Å². The zero-order valence-electron chi connectivity index (χ0n) is 10.0. The summed E-state index contributed by atoms with van der Waals surface area (Å²) in [6.45, 7) is 0.528. The van der Waals surface area contributed by atoms with Crippen molar-refractivity contribution in [2.45, 2.75) is 6.42 Å². The second kappa shape index (κ2) is 5.08. The maximum absolute atomic E-state index is 10.5. The van der Waals surface area contributed by atoms with Crippen molar-refractivity contribution >= 4 is 6.29 Å². The molecule has 0 aromatic heterocycles. The first kappa shape index (κ1) is 11.8. The van der Waals surface area contributed by atoms with Crippen molar-refractivity contribution < 1.29 is 19.0 Å². The van der Waals surface area contributed by atoms with Gasteiger partial charge in [0.25, 0.3) is 0 Å². The van der Waals surface area contributed by atoms with Gasteiger partial charge >= 0.3 is 0 Å². The summed E-state index contributed by atoms with van der Waals surface area (Å²) < 4.78 is 16.1. The molecule has 17 heavy (non-hydrogen) atoms. The van der Waals surface area contributed by atoms with Crippen molar-refractivity contribution in [2.24, 2.45) is 11.8 Å². The lowest BCUT2D eigenvalue weighted by molar-refractivity contribution is -0.109. The minimum absolute atomic E-state index is 0.163. The van der Waals surface area contributed by atoms with Crippen molar-refractivity contribution in [3.8, 4) is 17.2 Å². The molecule has 2 unspecified atom stereocenters. The summed E-state index contributed by atoms with van der Waals surface area (Å²) in [4.78, 5) is 10.5. The number of methoxy groups -OCH3 is 2. The van der Waals surface area contributed by atoms with E-state index in [-0.39, 0.29) is 5.92 Å². The van der Waals surface area contributed by atoms with Gasteiger partial charge < -0.3 is 19.0 Å². The van der Waals surface area contributed by atoms with Crippen LogP contribution in [-0.4, -0.2) is 27.1 Å². The molecule has 0 bridgehead atoms. The number of carbonyl (C=O) groups is 1. The van der Waals surface area contributed by atoms with E-state index < -0.39 is 0 Å². The molecule has 1 aromatic carbocycles. The molecule has 0 heterocycles. The summed E-state index contributed by atoms with van der Waals surface area (Å²) in [6.07, 6.45) is 1.91. The molecular weight excluding hydrogens is 220 g/mol. The third-order valence-corrected chi connectivity index (χ3v) is 2.98. The van der Waals surface area contributed by atoms with Crippen molar-refractivity contribution in [2.75, 3.05) is 20.8 Å². The quantitative estimate of drug-likeness (QED) is 0.708. The standard InChI is InChI=1S/C13H16O4/c1-15-11-4-3-5-12(16-2)13(11)17-8-10-6-9(10)7-14/h3-5,7,9-10H,6,8H2,1-2H3. The van der Waals surface area contributed by atoms with Crippen LogP contribution in [0.2, 0.25) is 0 Å². The smallest absolute Gasteiger partial charge is 0.203 e. The number of hydrogen-bond donors (Lipinski definition) is 0. The Labute approximate surface area is 100 Å². The van der Waals surface area contributed by atoms with Crippen LogP contribution in [0.15, 0.2) is 18.2 Å². The van der Waals surface area contributed by atoms with Crippen LogP contribution in [0.5, 0.6) is 17.2 Å². The van der Waals surface area contributed by atoms with Crippen LogP contribution in [0.4, 0.5) is 0 Å². The first-order valence-electron chi connectivity index (χ1n) is 5.59. The summed E-state index contributed by atoms with van der Waals surface area (Å²) in [6, 6.07) is 5.49. The zero-order valence-corrected chi connectivity index (χ0v) is 10.0. The highest BCUT2D eigenvalue weighted by molar-refractivity contribution is 5.58. The van der Waals surface area contributed by atoms with E-state index >= 15 is 0 Å². The normalized spacial score (nSPS) is 21.8. The van der Waals surface area contributed by atoms with Crippen LogP contribution in [0.1, 0.15) is 6.42 Å². The van der Waals surface area contributed by atoms with Gasteiger partial charge in [-0.2, -0.15) is 0 Å². The number of ether oxygens (including phenoxy) is 3. The third-order valence-electron chi connectivity index (χ3n) is 2.98. The number of benzene rings is 1. The number of hydrogen-bond acceptors (Lipinski definition) is 4. The molecule has 0 spiro atoms. The monoisotopic (exact) mass is 236 g/mol. The van der Waals surface area contributed by atoms with Gasteiger partial charge in [0.15, 0.2) is 11.5 Å². The van der Waals surface area contributed by atoms with E-state index in [1.165, 1.54) is 0 Å². The van der Waals surface area contributed by atoms with Gasteiger partial charge in [0.05, 0.1) is 20.8 Å². The molecule has 0 saturated heterocycles. The lowest BCUT2D eigenvalue weighted by Crippen LogP contribution is -2.04. The van der Waals surface area contributed by atoms with Crippen molar-refractivity contribution in [1.29, 1.82) is 0 Å². The predicted octanol–water partition coefficient (Wildman–Crippen LogP) is 1.92. The van der Waals surface area contributed by atoms with Crippen LogP contribution < -0.4 is 14.2 Å². The molecule has 2 atom stereocenters. The van der Waals surface area contributed by atoms with Gasteiger partial charge in [-0.3, -0.25) is 0 Å². The number of para-hydroxylation sites is 1. The van der Waals surface area contributed by atoms with Crippen molar-refractivity contribution in [3.05, 3.63) is 18.2 Å². The Kier molecular flexibility index (Phi) is 3.52. The second-order valence-corrected chi connectivity index (χ2v) is 4.10. The van der Waals surface area contributed by atoms with Gasteiger partial charge in [-0.25, -0.2) is 0 Å². The van der Waals surface area contributed by atoms with Gasteiger partial charge in [-0.15, -0.1) is 0 Å². The van der Waals surface area contributed by atoms with Crippen molar-refractivity contribution in [3.63, 3.8) is 0 Å².